The van der Waals surface area contributed by atoms with E-state index in [1.807, 2.05) is 30.3 Å². The molecule has 0 N–H and O–H groups in total. The Morgan fingerprint density at radius 1 is 1.14 bits per heavy atom. The Kier molecular flexibility index (Phi) is 5.45. The lowest BCUT2D eigenvalue weighted by Crippen LogP contribution is -2.22. The summed E-state index contributed by atoms with van der Waals surface area (Å²) in [4.78, 5) is 12.1. The van der Waals surface area contributed by atoms with Gasteiger partial charge in [-0.05, 0) is 24.3 Å². The largest absolute Gasteiger partial charge is 0.465 e. The molecule has 0 radical (unpaired) electrons. The van der Waals surface area contributed by atoms with Gasteiger partial charge in [0, 0.05) is 12.7 Å². The third-order valence-corrected chi connectivity index (χ3v) is 5.13. The summed E-state index contributed by atoms with van der Waals surface area (Å²) in [7, 11) is 1.27. The zero-order valence-electron chi connectivity index (χ0n) is 11.9. The molecule has 2 aromatic rings. The van der Waals surface area contributed by atoms with E-state index in [1.165, 1.54) is 23.5 Å². The minimum absolute atomic E-state index is 0.123. The minimum Gasteiger partial charge on any atom is -0.465 e. The van der Waals surface area contributed by atoms with E-state index < -0.39 is 17.0 Å². The normalized spacial score (nSPS) is 11.8. The van der Waals surface area contributed by atoms with E-state index in [2.05, 4.69) is 0 Å². The molecule has 0 spiro atoms. The van der Waals surface area contributed by atoms with Gasteiger partial charge in [0.25, 0.3) is 0 Å². The summed E-state index contributed by atoms with van der Waals surface area (Å²) < 4.78 is 19.0. The van der Waals surface area contributed by atoms with Gasteiger partial charge in [0.2, 0.25) is 0 Å². The van der Waals surface area contributed by atoms with Gasteiger partial charge in [0.15, 0.2) is 11.0 Å². The zero-order chi connectivity index (χ0) is 16.3. The number of halogens is 2. The van der Waals surface area contributed by atoms with Crippen LogP contribution in [0.1, 0.15) is 10.4 Å². The predicted molar refractivity (Wildman–Crippen MR) is 89.1 cm³/mol. The van der Waals surface area contributed by atoms with Crippen LogP contribution in [0.25, 0.3) is 0 Å². The maximum absolute atomic E-state index is 12.8. The Labute approximate surface area is 141 Å². The van der Waals surface area contributed by atoms with E-state index in [-0.39, 0.29) is 20.5 Å². The molecule has 0 aliphatic carbocycles. The van der Waals surface area contributed by atoms with E-state index in [9.17, 15) is 9.00 Å². The van der Waals surface area contributed by atoms with Crippen LogP contribution in [-0.4, -0.2) is 24.3 Å². The molecule has 7 heteroatoms. The van der Waals surface area contributed by atoms with Crippen molar-refractivity contribution in [3.05, 3.63) is 58.1 Å². The number of rotatable bonds is 4. The summed E-state index contributed by atoms with van der Waals surface area (Å²) in [5, 5.41) is 0.421. The quantitative estimate of drug-likeness (QED) is 0.778. The molecule has 1 unspecified atom stereocenters. The number of ether oxygens (including phenoxy) is 1. The molecule has 2 rings (SSSR count). The van der Waals surface area contributed by atoms with Gasteiger partial charge in [-0.25, -0.2) is 9.00 Å². The van der Waals surface area contributed by atoms with Crippen LogP contribution < -0.4 is 4.31 Å². The van der Waals surface area contributed by atoms with Crippen molar-refractivity contribution in [1.29, 1.82) is 0 Å². The Balaban J connectivity index is 2.49. The van der Waals surface area contributed by atoms with E-state index in [4.69, 9.17) is 27.9 Å². The Morgan fingerprint density at radius 3 is 2.32 bits per heavy atom. The lowest BCUT2D eigenvalue weighted by Gasteiger charge is -2.19. The summed E-state index contributed by atoms with van der Waals surface area (Å²) in [6.07, 6.45) is 0. The van der Waals surface area contributed by atoms with Crippen molar-refractivity contribution in [3.8, 4) is 0 Å². The molecule has 0 aliphatic rings. The van der Waals surface area contributed by atoms with Crippen molar-refractivity contribution in [2.45, 2.75) is 4.90 Å². The van der Waals surface area contributed by atoms with Gasteiger partial charge >= 0.3 is 5.97 Å². The first kappa shape index (κ1) is 16.8. The molecule has 0 saturated carbocycles. The first-order valence-corrected chi connectivity index (χ1v) is 8.10. The van der Waals surface area contributed by atoms with E-state index in [1.54, 1.807) is 7.05 Å². The van der Waals surface area contributed by atoms with Crippen LogP contribution in [0.5, 0.6) is 0 Å². The van der Waals surface area contributed by atoms with Crippen LogP contribution in [0.15, 0.2) is 47.4 Å². The molecule has 0 fully saturated rings. The van der Waals surface area contributed by atoms with Gasteiger partial charge in [-0.3, -0.25) is 4.31 Å². The van der Waals surface area contributed by atoms with Crippen LogP contribution in [0.3, 0.4) is 0 Å². The van der Waals surface area contributed by atoms with E-state index in [0.717, 1.165) is 5.69 Å². The van der Waals surface area contributed by atoms with E-state index >= 15 is 0 Å². The van der Waals surface area contributed by atoms with Gasteiger partial charge in [0.1, 0.15) is 0 Å². The SMILES string of the molecule is COC(=O)c1cc(Cl)c(Cl)cc1S(=O)N(C)c1ccccc1. The lowest BCUT2D eigenvalue weighted by molar-refractivity contribution is 0.0596. The number of esters is 1. The highest BCUT2D eigenvalue weighted by atomic mass is 35.5. The molecule has 0 heterocycles. The minimum atomic E-state index is -1.64. The number of benzene rings is 2. The summed E-state index contributed by atoms with van der Waals surface area (Å²) >= 11 is 11.9. The Morgan fingerprint density at radius 2 is 1.73 bits per heavy atom. The monoisotopic (exact) mass is 357 g/mol. The van der Waals surface area contributed by atoms with Crippen LogP contribution >= 0.6 is 23.2 Å². The lowest BCUT2D eigenvalue weighted by atomic mass is 10.2. The zero-order valence-corrected chi connectivity index (χ0v) is 14.2. The fourth-order valence-electron chi connectivity index (χ4n) is 1.82. The Hall–Kier alpha value is -1.56. The second kappa shape index (κ2) is 7.13. The summed E-state index contributed by atoms with van der Waals surface area (Å²) in [5.41, 5.74) is 0.862. The molecule has 4 nitrogen and oxygen atoms in total. The number of anilines is 1. The highest BCUT2D eigenvalue weighted by Crippen LogP contribution is 2.30. The van der Waals surface area contributed by atoms with Crippen LogP contribution in [0.4, 0.5) is 5.69 Å². The molecule has 0 aromatic heterocycles. The average molecular weight is 358 g/mol. The summed E-state index contributed by atoms with van der Waals surface area (Å²) in [6, 6.07) is 11.9. The van der Waals surface area contributed by atoms with Crippen molar-refractivity contribution in [2.75, 3.05) is 18.5 Å². The fourth-order valence-corrected chi connectivity index (χ4v) is 3.37. The molecular formula is C15H13Cl2NO3S. The summed E-state index contributed by atoms with van der Waals surface area (Å²) in [6.45, 7) is 0. The predicted octanol–water partition coefficient (Wildman–Crippen LogP) is 3.94. The van der Waals surface area contributed by atoms with Gasteiger partial charge in [0.05, 0.1) is 27.6 Å². The smallest absolute Gasteiger partial charge is 0.339 e. The van der Waals surface area contributed by atoms with Crippen LogP contribution in [-0.2, 0) is 15.7 Å². The van der Waals surface area contributed by atoms with Crippen molar-refractivity contribution in [1.82, 2.24) is 0 Å². The Bertz CT molecular complexity index is 722. The van der Waals surface area contributed by atoms with Crippen LogP contribution in [0, 0.1) is 0 Å². The molecule has 0 amide bonds. The average Bonchev–Trinajstić information content (AvgIpc) is 2.55. The number of para-hydroxylation sites is 1. The van der Waals surface area contributed by atoms with Crippen molar-refractivity contribution < 1.29 is 13.7 Å². The first-order valence-electron chi connectivity index (χ1n) is 6.23. The molecule has 0 saturated heterocycles. The highest BCUT2D eigenvalue weighted by molar-refractivity contribution is 7.86. The third-order valence-electron chi connectivity index (χ3n) is 2.98. The molecular weight excluding hydrogens is 345 g/mol. The fraction of sp³-hybridized carbons (Fsp3) is 0.133. The number of carbonyl (C=O) groups excluding carboxylic acids is 1. The van der Waals surface area contributed by atoms with Gasteiger partial charge in [-0.2, -0.15) is 0 Å². The highest BCUT2D eigenvalue weighted by Gasteiger charge is 2.22. The summed E-state index contributed by atoms with van der Waals surface area (Å²) in [5.74, 6) is -0.622. The number of nitrogens with zero attached hydrogens (tertiary/aromatic N) is 1. The maximum atomic E-state index is 12.8. The van der Waals surface area contributed by atoms with Crippen LogP contribution in [0.2, 0.25) is 10.0 Å². The number of carbonyl (C=O) groups is 1. The van der Waals surface area contributed by atoms with E-state index in [0.29, 0.717) is 0 Å². The number of hydrogen-bond acceptors (Lipinski definition) is 3. The molecule has 0 bridgehead atoms. The van der Waals surface area contributed by atoms with Crippen molar-refractivity contribution in [3.63, 3.8) is 0 Å². The second-order valence-electron chi connectivity index (χ2n) is 4.34. The first-order chi connectivity index (χ1) is 10.5. The van der Waals surface area contributed by atoms with Gasteiger partial charge in [-0.15, -0.1) is 0 Å². The molecule has 0 aliphatic heterocycles. The third kappa shape index (κ3) is 3.43. The maximum Gasteiger partial charge on any atom is 0.339 e. The molecule has 1 atom stereocenters. The number of methoxy groups -OCH3 is 1. The topological polar surface area (TPSA) is 46.6 Å². The van der Waals surface area contributed by atoms with Gasteiger partial charge in [-0.1, -0.05) is 41.4 Å². The molecule has 116 valence electrons. The van der Waals surface area contributed by atoms with Crippen molar-refractivity contribution in [2.24, 2.45) is 0 Å². The van der Waals surface area contributed by atoms with Crippen molar-refractivity contribution >= 4 is 45.8 Å². The standard InChI is InChI=1S/C15H13Cl2NO3S/c1-18(10-6-4-3-5-7-10)22(20)14-9-13(17)12(16)8-11(14)15(19)21-2/h3-9H,1-2H3. The second-order valence-corrected chi connectivity index (χ2v) is 6.64. The number of hydrogen-bond donors (Lipinski definition) is 0. The molecule has 2 aromatic carbocycles. The van der Waals surface area contributed by atoms with Gasteiger partial charge < -0.3 is 4.74 Å². The molecule has 22 heavy (non-hydrogen) atoms.